The Kier molecular flexibility index (Phi) is 6.75. The van der Waals surface area contributed by atoms with E-state index in [1.54, 1.807) is 0 Å². The first-order chi connectivity index (χ1) is 13.9. The third-order valence-electron chi connectivity index (χ3n) is 4.03. The molecule has 0 radical (unpaired) electrons. The molecule has 0 aliphatic carbocycles. The Balaban J connectivity index is 1.65. The zero-order chi connectivity index (χ0) is 21.0. The number of aryl methyl sites for hydroxylation is 2. The second-order valence-electron chi connectivity index (χ2n) is 6.28. The van der Waals surface area contributed by atoms with Crippen LogP contribution in [0.1, 0.15) is 34.5 Å². The third-order valence-corrected chi connectivity index (χ3v) is 5.84. The molecule has 2 aromatic heterocycles. The molecule has 0 spiro atoms. The molecular weight excluding hydrogens is 410 g/mol. The molecule has 3 rings (SSSR count). The Morgan fingerprint density at radius 1 is 1.03 bits per heavy atom. The molecule has 2 N–H and O–H groups in total. The van der Waals surface area contributed by atoms with Crippen molar-refractivity contribution >= 4 is 29.3 Å². The van der Waals surface area contributed by atoms with Crippen molar-refractivity contribution in [3.63, 3.8) is 0 Å². The van der Waals surface area contributed by atoms with Gasteiger partial charge in [0.15, 0.2) is 27.6 Å². The SMILES string of the molecule is CCn1c(CSc2nc(C)cc(C)n2)nnc1SCC(=O)c1ccc(O)c(O)c1. The molecule has 0 saturated heterocycles. The van der Waals surface area contributed by atoms with Gasteiger partial charge in [-0.25, -0.2) is 9.97 Å². The van der Waals surface area contributed by atoms with Crippen LogP contribution in [0, 0.1) is 13.8 Å². The van der Waals surface area contributed by atoms with Gasteiger partial charge in [-0.05, 0) is 45.0 Å². The maximum Gasteiger partial charge on any atom is 0.191 e. The molecule has 2 heterocycles. The Morgan fingerprint density at radius 2 is 1.76 bits per heavy atom. The molecule has 0 atom stereocenters. The molecule has 0 fully saturated rings. The van der Waals surface area contributed by atoms with Crippen LogP contribution in [0.15, 0.2) is 34.6 Å². The molecule has 0 saturated carbocycles. The Bertz CT molecular complexity index is 1020. The highest BCUT2D eigenvalue weighted by molar-refractivity contribution is 7.99. The van der Waals surface area contributed by atoms with Gasteiger partial charge >= 0.3 is 0 Å². The molecule has 0 bridgehead atoms. The van der Waals surface area contributed by atoms with Crippen molar-refractivity contribution in [2.45, 2.75) is 43.4 Å². The lowest BCUT2D eigenvalue weighted by Gasteiger charge is -2.07. The van der Waals surface area contributed by atoms with Gasteiger partial charge in [0, 0.05) is 23.5 Å². The molecule has 10 heteroatoms. The Morgan fingerprint density at radius 3 is 2.41 bits per heavy atom. The fourth-order valence-electron chi connectivity index (χ4n) is 2.65. The van der Waals surface area contributed by atoms with Gasteiger partial charge in [0.05, 0.1) is 11.5 Å². The number of nitrogens with zero attached hydrogens (tertiary/aromatic N) is 5. The number of ketones is 1. The Hall–Kier alpha value is -2.59. The van der Waals surface area contributed by atoms with Crippen LogP contribution < -0.4 is 0 Å². The molecule has 0 unspecified atom stereocenters. The standard InChI is InChI=1S/C19H21N5O3S2/c1-4-24-17(10-28-18-20-11(2)7-12(3)21-18)22-23-19(24)29-9-16(27)13-5-6-14(25)15(26)8-13/h5-8,25-26H,4,9-10H2,1-3H3. The van der Waals surface area contributed by atoms with E-state index in [0.29, 0.717) is 28.2 Å². The first kappa shape index (κ1) is 21.1. The van der Waals surface area contributed by atoms with Crippen molar-refractivity contribution < 1.29 is 15.0 Å². The van der Waals surface area contributed by atoms with Gasteiger partial charge in [-0.15, -0.1) is 10.2 Å². The van der Waals surface area contributed by atoms with Crippen LogP contribution in [0.5, 0.6) is 11.5 Å². The maximum atomic E-state index is 12.4. The fourth-order valence-corrected chi connectivity index (χ4v) is 4.45. The van der Waals surface area contributed by atoms with Gasteiger partial charge in [0.2, 0.25) is 0 Å². The van der Waals surface area contributed by atoms with Crippen molar-refractivity contribution in [2.24, 2.45) is 0 Å². The zero-order valence-corrected chi connectivity index (χ0v) is 17.9. The number of carbonyl (C=O) groups excluding carboxylic acids is 1. The summed E-state index contributed by atoms with van der Waals surface area (Å²) in [6.45, 7) is 6.54. The van der Waals surface area contributed by atoms with E-state index in [1.165, 1.54) is 41.7 Å². The molecule has 1 aromatic carbocycles. The zero-order valence-electron chi connectivity index (χ0n) is 16.3. The summed E-state index contributed by atoms with van der Waals surface area (Å²) in [5.74, 6) is 0.771. The molecule has 152 valence electrons. The maximum absolute atomic E-state index is 12.4. The summed E-state index contributed by atoms with van der Waals surface area (Å²) in [7, 11) is 0. The predicted molar refractivity (Wildman–Crippen MR) is 112 cm³/mol. The van der Waals surface area contributed by atoms with Crippen molar-refractivity contribution in [2.75, 3.05) is 5.75 Å². The number of Topliss-reactive ketones (excluding diaryl/α,β-unsaturated/α-hetero) is 1. The molecule has 0 aliphatic heterocycles. The monoisotopic (exact) mass is 431 g/mol. The van der Waals surface area contributed by atoms with Crippen LogP contribution in [0.2, 0.25) is 0 Å². The number of phenolic OH excluding ortho intramolecular Hbond substituents is 2. The van der Waals surface area contributed by atoms with E-state index in [4.69, 9.17) is 0 Å². The second kappa shape index (κ2) is 9.27. The molecule has 0 aliphatic rings. The summed E-state index contributed by atoms with van der Waals surface area (Å²) in [5.41, 5.74) is 2.18. The van der Waals surface area contributed by atoms with Crippen LogP contribution in [0.25, 0.3) is 0 Å². The van der Waals surface area contributed by atoms with E-state index in [1.807, 2.05) is 31.4 Å². The highest BCUT2D eigenvalue weighted by Gasteiger charge is 2.16. The van der Waals surface area contributed by atoms with E-state index >= 15 is 0 Å². The average molecular weight is 432 g/mol. The summed E-state index contributed by atoms with van der Waals surface area (Å²) in [6.07, 6.45) is 0. The Labute approximate surface area is 176 Å². The predicted octanol–water partition coefficient (Wildman–Crippen LogP) is 3.38. The van der Waals surface area contributed by atoms with Crippen LogP contribution in [0.4, 0.5) is 0 Å². The topological polar surface area (TPSA) is 114 Å². The van der Waals surface area contributed by atoms with Gasteiger partial charge in [-0.2, -0.15) is 0 Å². The lowest BCUT2D eigenvalue weighted by atomic mass is 10.1. The molecule has 29 heavy (non-hydrogen) atoms. The fraction of sp³-hybridized carbons (Fsp3) is 0.316. The number of benzene rings is 1. The minimum absolute atomic E-state index is 0.148. The van der Waals surface area contributed by atoms with Crippen molar-refractivity contribution in [3.8, 4) is 11.5 Å². The molecular formula is C19H21N5O3S2. The van der Waals surface area contributed by atoms with Gasteiger partial charge in [0.1, 0.15) is 5.82 Å². The van der Waals surface area contributed by atoms with Crippen LogP contribution in [0.3, 0.4) is 0 Å². The van der Waals surface area contributed by atoms with Gasteiger partial charge in [0.25, 0.3) is 0 Å². The minimum atomic E-state index is -0.314. The van der Waals surface area contributed by atoms with E-state index < -0.39 is 0 Å². The van der Waals surface area contributed by atoms with Crippen molar-refractivity contribution in [1.29, 1.82) is 0 Å². The molecule has 3 aromatic rings. The number of aromatic nitrogens is 5. The highest BCUT2D eigenvalue weighted by atomic mass is 32.2. The van der Waals surface area contributed by atoms with Gasteiger partial charge in [-0.1, -0.05) is 23.5 Å². The average Bonchev–Trinajstić information content (AvgIpc) is 3.07. The number of aromatic hydroxyl groups is 2. The summed E-state index contributed by atoms with van der Waals surface area (Å²) in [4.78, 5) is 21.2. The first-order valence-corrected chi connectivity index (χ1v) is 10.9. The molecule has 0 amide bonds. The quantitative estimate of drug-likeness (QED) is 0.240. The van der Waals surface area contributed by atoms with Crippen LogP contribution >= 0.6 is 23.5 Å². The van der Waals surface area contributed by atoms with Crippen molar-refractivity contribution in [3.05, 3.63) is 47.0 Å². The largest absolute Gasteiger partial charge is 0.504 e. The number of rotatable bonds is 8. The number of hydrogen-bond acceptors (Lipinski definition) is 9. The summed E-state index contributed by atoms with van der Waals surface area (Å²) in [6, 6.07) is 5.97. The summed E-state index contributed by atoms with van der Waals surface area (Å²) >= 11 is 2.78. The van der Waals surface area contributed by atoms with E-state index in [0.717, 1.165) is 17.2 Å². The number of carbonyl (C=O) groups is 1. The lowest BCUT2D eigenvalue weighted by Crippen LogP contribution is -2.06. The number of hydrogen-bond donors (Lipinski definition) is 2. The smallest absolute Gasteiger partial charge is 0.191 e. The normalized spacial score (nSPS) is 11.0. The van der Waals surface area contributed by atoms with Crippen molar-refractivity contribution in [1.82, 2.24) is 24.7 Å². The summed E-state index contributed by atoms with van der Waals surface area (Å²) in [5, 5.41) is 28.7. The lowest BCUT2D eigenvalue weighted by molar-refractivity contribution is 0.102. The highest BCUT2D eigenvalue weighted by Crippen LogP contribution is 2.27. The van der Waals surface area contributed by atoms with E-state index in [2.05, 4.69) is 20.2 Å². The molecule has 8 nitrogen and oxygen atoms in total. The first-order valence-electron chi connectivity index (χ1n) is 8.92. The van der Waals surface area contributed by atoms with Crippen LogP contribution in [-0.4, -0.2) is 46.5 Å². The van der Waals surface area contributed by atoms with E-state index in [-0.39, 0.29) is 23.0 Å². The second-order valence-corrected chi connectivity index (χ2v) is 8.17. The van der Waals surface area contributed by atoms with Crippen LogP contribution in [-0.2, 0) is 12.3 Å². The summed E-state index contributed by atoms with van der Waals surface area (Å²) < 4.78 is 1.96. The minimum Gasteiger partial charge on any atom is -0.504 e. The number of thioether (sulfide) groups is 2. The van der Waals surface area contributed by atoms with Gasteiger partial charge in [-0.3, -0.25) is 4.79 Å². The number of phenols is 2. The third kappa shape index (κ3) is 5.27. The van der Waals surface area contributed by atoms with E-state index in [9.17, 15) is 15.0 Å². The van der Waals surface area contributed by atoms with Gasteiger partial charge < -0.3 is 14.8 Å².